The quantitative estimate of drug-likeness (QED) is 0.437. The average molecular weight is 426 g/mol. The standard InChI is InChI=1S/C23H23N9/c1-30-9-6-18(7-10-30)31-15-16(13-26-31)11-22-25-14-21-23(27-22)32(29-28-21)19-4-5-20-17(12-19)3-2-8-24-20/h2-5,8,12-15,18H,6-7,9-11H2,1H3. The molecule has 0 spiro atoms. The second kappa shape index (κ2) is 7.76. The number of hydrogen-bond donors (Lipinski definition) is 0. The number of aromatic nitrogens is 8. The molecule has 4 aromatic heterocycles. The van der Waals surface area contributed by atoms with Gasteiger partial charge in [-0.1, -0.05) is 11.3 Å². The SMILES string of the molecule is CN1CCC(n2cc(Cc3ncc4nnn(-c5ccc6ncccc6c5)c4n3)cn2)CC1. The highest BCUT2D eigenvalue weighted by Gasteiger charge is 2.19. The first-order chi connectivity index (χ1) is 15.7. The van der Waals surface area contributed by atoms with E-state index in [4.69, 9.17) is 4.98 Å². The lowest BCUT2D eigenvalue weighted by Gasteiger charge is -2.28. The molecular weight excluding hydrogens is 402 g/mol. The maximum Gasteiger partial charge on any atom is 0.187 e. The molecule has 0 atom stereocenters. The normalized spacial score (nSPS) is 15.7. The molecule has 1 aromatic carbocycles. The Kier molecular flexibility index (Phi) is 4.61. The van der Waals surface area contributed by atoms with E-state index in [2.05, 4.69) is 48.2 Å². The smallest absolute Gasteiger partial charge is 0.187 e. The second-order valence-corrected chi connectivity index (χ2v) is 8.42. The molecule has 0 aliphatic carbocycles. The van der Waals surface area contributed by atoms with E-state index in [0.29, 0.717) is 23.6 Å². The Morgan fingerprint density at radius 2 is 1.94 bits per heavy atom. The fourth-order valence-electron chi connectivity index (χ4n) is 4.33. The topological polar surface area (TPSA) is 90.4 Å². The minimum atomic E-state index is 0.469. The van der Waals surface area contributed by atoms with Gasteiger partial charge in [0.2, 0.25) is 0 Å². The molecule has 0 unspecified atom stereocenters. The van der Waals surface area contributed by atoms with Gasteiger partial charge in [-0.15, -0.1) is 5.10 Å². The summed E-state index contributed by atoms with van der Waals surface area (Å²) in [5.41, 5.74) is 4.31. The van der Waals surface area contributed by atoms with Gasteiger partial charge in [-0.2, -0.15) is 9.78 Å². The fraction of sp³-hybridized carbons (Fsp3) is 0.304. The van der Waals surface area contributed by atoms with Gasteiger partial charge in [0, 0.05) is 24.2 Å². The van der Waals surface area contributed by atoms with E-state index in [9.17, 15) is 0 Å². The lowest BCUT2D eigenvalue weighted by molar-refractivity contribution is 0.212. The largest absolute Gasteiger partial charge is 0.306 e. The van der Waals surface area contributed by atoms with Crippen molar-refractivity contribution in [1.29, 1.82) is 0 Å². The van der Waals surface area contributed by atoms with E-state index < -0.39 is 0 Å². The summed E-state index contributed by atoms with van der Waals surface area (Å²) in [5, 5.41) is 14.2. The number of fused-ring (bicyclic) bond motifs is 2. The van der Waals surface area contributed by atoms with Crippen LogP contribution in [0.5, 0.6) is 0 Å². The third-order valence-corrected chi connectivity index (χ3v) is 6.15. The van der Waals surface area contributed by atoms with E-state index >= 15 is 0 Å². The van der Waals surface area contributed by atoms with Crippen LogP contribution in [0.3, 0.4) is 0 Å². The van der Waals surface area contributed by atoms with Crippen LogP contribution in [0.4, 0.5) is 0 Å². The molecule has 5 heterocycles. The molecule has 0 bridgehead atoms. The summed E-state index contributed by atoms with van der Waals surface area (Å²) in [6, 6.07) is 10.4. The number of hydrogen-bond acceptors (Lipinski definition) is 7. The van der Waals surface area contributed by atoms with Gasteiger partial charge in [-0.25, -0.2) is 9.97 Å². The Balaban J connectivity index is 1.28. The molecule has 0 saturated carbocycles. The van der Waals surface area contributed by atoms with Crippen LogP contribution in [-0.2, 0) is 6.42 Å². The number of benzene rings is 1. The molecule has 1 saturated heterocycles. The van der Waals surface area contributed by atoms with Gasteiger partial charge in [0.05, 0.1) is 29.6 Å². The number of piperidine rings is 1. The highest BCUT2D eigenvalue weighted by molar-refractivity contribution is 5.81. The Morgan fingerprint density at radius 1 is 1.03 bits per heavy atom. The van der Waals surface area contributed by atoms with Crippen molar-refractivity contribution in [1.82, 2.24) is 44.6 Å². The van der Waals surface area contributed by atoms with Crippen LogP contribution < -0.4 is 0 Å². The molecule has 160 valence electrons. The molecule has 5 aromatic rings. The monoisotopic (exact) mass is 425 g/mol. The summed E-state index contributed by atoms with van der Waals surface area (Å²) in [7, 11) is 2.17. The van der Waals surface area contributed by atoms with E-state index in [1.807, 2.05) is 36.5 Å². The number of nitrogens with zero attached hydrogens (tertiary/aromatic N) is 9. The van der Waals surface area contributed by atoms with Crippen molar-refractivity contribution in [3.05, 3.63) is 66.5 Å². The van der Waals surface area contributed by atoms with Crippen molar-refractivity contribution in [2.45, 2.75) is 25.3 Å². The first-order valence-corrected chi connectivity index (χ1v) is 10.9. The summed E-state index contributed by atoms with van der Waals surface area (Å²) in [4.78, 5) is 16.0. The van der Waals surface area contributed by atoms with Gasteiger partial charge in [-0.3, -0.25) is 9.67 Å². The molecule has 6 rings (SSSR count). The van der Waals surface area contributed by atoms with Crippen LogP contribution in [-0.4, -0.2) is 64.8 Å². The van der Waals surface area contributed by atoms with Crippen LogP contribution in [0.25, 0.3) is 27.8 Å². The lowest BCUT2D eigenvalue weighted by Crippen LogP contribution is -2.31. The highest BCUT2D eigenvalue weighted by atomic mass is 15.4. The van der Waals surface area contributed by atoms with E-state index in [0.717, 1.165) is 53.9 Å². The van der Waals surface area contributed by atoms with Gasteiger partial charge in [0.15, 0.2) is 11.2 Å². The molecule has 0 N–H and O–H groups in total. The molecule has 1 fully saturated rings. The minimum Gasteiger partial charge on any atom is -0.306 e. The van der Waals surface area contributed by atoms with Crippen LogP contribution in [0.1, 0.15) is 30.3 Å². The van der Waals surface area contributed by atoms with Gasteiger partial charge in [-0.05, 0) is 62.8 Å². The zero-order valence-electron chi connectivity index (χ0n) is 17.8. The maximum atomic E-state index is 4.79. The molecular formula is C23H23N9. The highest BCUT2D eigenvalue weighted by Crippen LogP contribution is 2.22. The minimum absolute atomic E-state index is 0.469. The fourth-order valence-corrected chi connectivity index (χ4v) is 4.33. The maximum absolute atomic E-state index is 4.79. The Morgan fingerprint density at radius 3 is 2.84 bits per heavy atom. The predicted octanol–water partition coefficient (Wildman–Crippen LogP) is 2.81. The van der Waals surface area contributed by atoms with Gasteiger partial charge >= 0.3 is 0 Å². The van der Waals surface area contributed by atoms with Crippen LogP contribution in [0, 0.1) is 0 Å². The van der Waals surface area contributed by atoms with Gasteiger partial charge in [0.25, 0.3) is 0 Å². The van der Waals surface area contributed by atoms with Crippen molar-refractivity contribution in [2.24, 2.45) is 0 Å². The summed E-state index contributed by atoms with van der Waals surface area (Å²) in [5.74, 6) is 0.728. The van der Waals surface area contributed by atoms with Crippen molar-refractivity contribution < 1.29 is 0 Å². The van der Waals surface area contributed by atoms with Crippen LogP contribution >= 0.6 is 0 Å². The zero-order chi connectivity index (χ0) is 21.5. The summed E-state index contributed by atoms with van der Waals surface area (Å²) in [6.07, 6.45) is 10.5. The third kappa shape index (κ3) is 3.50. The van der Waals surface area contributed by atoms with Gasteiger partial charge < -0.3 is 4.90 Å². The van der Waals surface area contributed by atoms with Crippen molar-refractivity contribution >= 4 is 22.1 Å². The Labute approximate surface area is 184 Å². The predicted molar refractivity (Wildman–Crippen MR) is 121 cm³/mol. The molecule has 1 aliphatic heterocycles. The van der Waals surface area contributed by atoms with Gasteiger partial charge in [0.1, 0.15) is 5.82 Å². The van der Waals surface area contributed by atoms with Crippen molar-refractivity contribution in [2.75, 3.05) is 20.1 Å². The first-order valence-electron chi connectivity index (χ1n) is 10.9. The van der Waals surface area contributed by atoms with E-state index in [1.54, 1.807) is 17.1 Å². The first kappa shape index (κ1) is 19.0. The molecule has 32 heavy (non-hydrogen) atoms. The lowest BCUT2D eigenvalue weighted by atomic mass is 10.1. The average Bonchev–Trinajstić information content (AvgIpc) is 3.46. The van der Waals surface area contributed by atoms with Crippen LogP contribution in [0.2, 0.25) is 0 Å². The summed E-state index contributed by atoms with van der Waals surface area (Å²) < 4.78 is 3.87. The number of rotatable bonds is 4. The molecule has 0 amide bonds. The molecule has 9 nitrogen and oxygen atoms in total. The summed E-state index contributed by atoms with van der Waals surface area (Å²) in [6.45, 7) is 2.23. The number of pyridine rings is 1. The van der Waals surface area contributed by atoms with Crippen molar-refractivity contribution in [3.8, 4) is 5.69 Å². The summed E-state index contributed by atoms with van der Waals surface area (Å²) >= 11 is 0. The molecule has 9 heteroatoms. The molecule has 0 radical (unpaired) electrons. The van der Waals surface area contributed by atoms with Crippen molar-refractivity contribution in [3.63, 3.8) is 0 Å². The Hall–Kier alpha value is -3.72. The second-order valence-electron chi connectivity index (χ2n) is 8.42. The van der Waals surface area contributed by atoms with E-state index in [1.165, 1.54) is 0 Å². The third-order valence-electron chi connectivity index (χ3n) is 6.15. The zero-order valence-corrected chi connectivity index (χ0v) is 17.8. The Bertz CT molecular complexity index is 1400. The molecule has 1 aliphatic rings. The number of likely N-dealkylation sites (tertiary alicyclic amines) is 1. The van der Waals surface area contributed by atoms with Crippen LogP contribution in [0.15, 0.2) is 55.1 Å². The van der Waals surface area contributed by atoms with E-state index in [-0.39, 0.29) is 0 Å².